The first kappa shape index (κ1) is 7.91. The lowest BCUT2D eigenvalue weighted by Gasteiger charge is -1.98. The summed E-state index contributed by atoms with van der Waals surface area (Å²) in [5.41, 5.74) is 0. The first-order valence-corrected chi connectivity index (χ1v) is 3.92. The summed E-state index contributed by atoms with van der Waals surface area (Å²) in [5.74, 6) is -0.286. The lowest BCUT2D eigenvalue weighted by Crippen LogP contribution is -1.83. The van der Waals surface area contributed by atoms with Crippen molar-refractivity contribution in [1.29, 1.82) is 0 Å². The molecule has 0 aliphatic rings. The molecule has 1 aromatic carbocycles. The van der Waals surface area contributed by atoms with Crippen LogP contribution in [0.5, 0.6) is 0 Å². The third-order valence-corrected chi connectivity index (χ3v) is 2.18. The van der Waals surface area contributed by atoms with E-state index in [1.165, 1.54) is 12.1 Å². The fraction of sp³-hybridized carbons (Fsp3) is 0. The van der Waals surface area contributed by atoms with Crippen LogP contribution < -0.4 is 5.14 Å². The molecule has 0 atom stereocenters. The Balaban J connectivity index is 3.09. The van der Waals surface area contributed by atoms with E-state index in [1.807, 2.05) is 0 Å². The van der Waals surface area contributed by atoms with Gasteiger partial charge in [-0.05, 0) is 30.1 Å². The highest BCUT2D eigenvalue weighted by Crippen LogP contribution is 2.21. The van der Waals surface area contributed by atoms with Crippen LogP contribution in [0.3, 0.4) is 0 Å². The molecule has 0 radical (unpaired) electrons. The molecule has 0 unspecified atom stereocenters. The maximum atomic E-state index is 12.4. The summed E-state index contributed by atoms with van der Waals surface area (Å²) >= 11 is 5.05. The van der Waals surface area contributed by atoms with E-state index in [4.69, 9.17) is 5.14 Å². The van der Waals surface area contributed by atoms with Crippen LogP contribution in [0.4, 0.5) is 4.39 Å². The van der Waals surface area contributed by atoms with Crippen LogP contribution in [-0.2, 0) is 0 Å². The highest BCUT2D eigenvalue weighted by molar-refractivity contribution is 7.97. The second-order valence-electron chi connectivity index (χ2n) is 1.73. The van der Waals surface area contributed by atoms with Crippen LogP contribution in [0, 0.1) is 5.82 Å². The van der Waals surface area contributed by atoms with Gasteiger partial charge in [0.15, 0.2) is 0 Å². The van der Waals surface area contributed by atoms with Gasteiger partial charge in [0, 0.05) is 9.79 Å². The van der Waals surface area contributed by atoms with Gasteiger partial charge in [0.2, 0.25) is 0 Å². The van der Waals surface area contributed by atoms with Gasteiger partial charge in [-0.15, -0.1) is 12.6 Å². The van der Waals surface area contributed by atoms with E-state index >= 15 is 0 Å². The van der Waals surface area contributed by atoms with E-state index in [1.54, 1.807) is 6.07 Å². The van der Waals surface area contributed by atoms with Crippen LogP contribution in [0.2, 0.25) is 0 Å². The van der Waals surface area contributed by atoms with Crippen molar-refractivity contribution in [3.63, 3.8) is 0 Å². The zero-order valence-electron chi connectivity index (χ0n) is 5.04. The normalized spacial score (nSPS) is 9.90. The molecule has 0 amide bonds. The summed E-state index contributed by atoms with van der Waals surface area (Å²) in [6.45, 7) is 0. The Morgan fingerprint density at radius 3 is 2.70 bits per heavy atom. The number of halogens is 1. The molecule has 0 bridgehead atoms. The van der Waals surface area contributed by atoms with Gasteiger partial charge in [-0.2, -0.15) is 0 Å². The number of nitrogens with two attached hydrogens (primary N) is 1. The van der Waals surface area contributed by atoms with Crippen molar-refractivity contribution in [2.24, 2.45) is 5.14 Å². The molecule has 0 saturated heterocycles. The van der Waals surface area contributed by atoms with Crippen molar-refractivity contribution >= 4 is 24.6 Å². The largest absolute Gasteiger partial charge is 0.274 e. The van der Waals surface area contributed by atoms with Crippen LogP contribution in [-0.4, -0.2) is 0 Å². The second-order valence-corrected chi connectivity index (χ2v) is 2.89. The molecule has 0 heterocycles. The Morgan fingerprint density at radius 1 is 1.50 bits per heavy atom. The average Bonchev–Trinajstić information content (AvgIpc) is 1.94. The van der Waals surface area contributed by atoms with E-state index < -0.39 is 0 Å². The highest BCUT2D eigenvalue weighted by atomic mass is 32.2. The van der Waals surface area contributed by atoms with Crippen LogP contribution in [0.15, 0.2) is 28.0 Å². The molecule has 0 aromatic heterocycles. The lowest BCUT2D eigenvalue weighted by atomic mass is 10.3. The van der Waals surface area contributed by atoms with E-state index in [9.17, 15) is 4.39 Å². The summed E-state index contributed by atoms with van der Waals surface area (Å²) in [6, 6.07) is 4.28. The molecule has 1 rings (SSSR count). The number of hydrogen-bond donors (Lipinski definition) is 2. The van der Waals surface area contributed by atoms with Gasteiger partial charge in [0.1, 0.15) is 5.82 Å². The molecule has 10 heavy (non-hydrogen) atoms. The smallest absolute Gasteiger partial charge is 0.124 e. The molecular weight excluding hydrogens is 169 g/mol. The SMILES string of the molecule is NSc1cc(F)ccc1S. The Bertz CT molecular complexity index is 239. The quantitative estimate of drug-likeness (QED) is 0.505. The number of hydrogen-bond acceptors (Lipinski definition) is 3. The molecule has 2 N–H and O–H groups in total. The Kier molecular flexibility index (Phi) is 2.59. The van der Waals surface area contributed by atoms with Crippen molar-refractivity contribution in [2.75, 3.05) is 0 Å². The minimum absolute atomic E-state index is 0.286. The van der Waals surface area contributed by atoms with Crippen molar-refractivity contribution in [3.8, 4) is 0 Å². The maximum absolute atomic E-state index is 12.4. The number of benzene rings is 1. The molecule has 4 heteroatoms. The number of thiol groups is 1. The lowest BCUT2D eigenvalue weighted by molar-refractivity contribution is 0.622. The standard InChI is InChI=1S/C6H6FNS2/c7-4-1-2-5(9)6(3-4)10-8/h1-3,9H,8H2. The maximum Gasteiger partial charge on any atom is 0.124 e. The summed E-state index contributed by atoms with van der Waals surface area (Å²) < 4.78 is 12.4. The third kappa shape index (κ3) is 1.65. The van der Waals surface area contributed by atoms with Gasteiger partial charge in [-0.1, -0.05) is 0 Å². The fourth-order valence-electron chi connectivity index (χ4n) is 0.582. The molecular formula is C6H6FNS2. The third-order valence-electron chi connectivity index (χ3n) is 1.05. The van der Waals surface area contributed by atoms with Gasteiger partial charge < -0.3 is 0 Å². The van der Waals surface area contributed by atoms with Crippen molar-refractivity contribution in [2.45, 2.75) is 9.79 Å². The Labute approximate surface area is 68.4 Å². The Hall–Kier alpha value is -0.190. The van der Waals surface area contributed by atoms with Gasteiger partial charge >= 0.3 is 0 Å². The molecule has 0 spiro atoms. The molecule has 0 aliphatic heterocycles. The highest BCUT2D eigenvalue weighted by Gasteiger charge is 1.97. The topological polar surface area (TPSA) is 26.0 Å². The Morgan fingerprint density at radius 2 is 2.20 bits per heavy atom. The predicted molar refractivity (Wildman–Crippen MR) is 43.7 cm³/mol. The molecule has 54 valence electrons. The summed E-state index contributed by atoms with van der Waals surface area (Å²) in [6.07, 6.45) is 0. The fourth-order valence-corrected chi connectivity index (χ4v) is 1.25. The molecule has 1 nitrogen and oxygen atoms in total. The molecule has 0 fully saturated rings. The first-order chi connectivity index (χ1) is 4.74. The van der Waals surface area contributed by atoms with E-state index in [2.05, 4.69) is 12.6 Å². The molecule has 0 aliphatic carbocycles. The van der Waals surface area contributed by atoms with Crippen molar-refractivity contribution in [3.05, 3.63) is 24.0 Å². The average molecular weight is 175 g/mol. The van der Waals surface area contributed by atoms with E-state index in [0.717, 1.165) is 11.9 Å². The summed E-state index contributed by atoms with van der Waals surface area (Å²) in [7, 11) is 0. The second kappa shape index (κ2) is 3.27. The van der Waals surface area contributed by atoms with E-state index in [-0.39, 0.29) is 5.82 Å². The predicted octanol–water partition coefficient (Wildman–Crippen LogP) is 2.08. The van der Waals surface area contributed by atoms with E-state index in [0.29, 0.717) is 9.79 Å². The van der Waals surface area contributed by atoms with Gasteiger partial charge in [-0.3, -0.25) is 5.14 Å². The van der Waals surface area contributed by atoms with Gasteiger partial charge in [0.05, 0.1) is 0 Å². The van der Waals surface area contributed by atoms with Crippen LogP contribution in [0.1, 0.15) is 0 Å². The number of rotatable bonds is 1. The first-order valence-electron chi connectivity index (χ1n) is 2.59. The van der Waals surface area contributed by atoms with Crippen LogP contribution >= 0.6 is 24.6 Å². The monoisotopic (exact) mass is 175 g/mol. The minimum Gasteiger partial charge on any atom is -0.274 e. The van der Waals surface area contributed by atoms with Crippen LogP contribution in [0.25, 0.3) is 0 Å². The zero-order chi connectivity index (χ0) is 7.56. The molecule has 1 aromatic rings. The minimum atomic E-state index is -0.286. The van der Waals surface area contributed by atoms with Crippen molar-refractivity contribution in [1.82, 2.24) is 0 Å². The van der Waals surface area contributed by atoms with Crippen molar-refractivity contribution < 1.29 is 4.39 Å². The summed E-state index contributed by atoms with van der Waals surface area (Å²) in [5, 5.41) is 5.22. The van der Waals surface area contributed by atoms with Gasteiger partial charge in [0.25, 0.3) is 0 Å². The molecule has 0 saturated carbocycles. The zero-order valence-corrected chi connectivity index (χ0v) is 6.75. The summed E-state index contributed by atoms with van der Waals surface area (Å²) in [4.78, 5) is 1.36. The van der Waals surface area contributed by atoms with Gasteiger partial charge in [-0.25, -0.2) is 4.39 Å².